The minimum Gasteiger partial charge on any atom is -0.394 e. The first-order chi connectivity index (χ1) is 8.98. The van der Waals surface area contributed by atoms with Gasteiger partial charge in [-0.2, -0.15) is 0 Å². The highest BCUT2D eigenvalue weighted by Gasteiger charge is 2.27. The van der Waals surface area contributed by atoms with Gasteiger partial charge in [-0.15, -0.1) is 0 Å². The lowest BCUT2D eigenvalue weighted by Crippen LogP contribution is -2.50. The summed E-state index contributed by atoms with van der Waals surface area (Å²) in [6, 6.07) is 9.73. The van der Waals surface area contributed by atoms with Crippen molar-refractivity contribution in [3.8, 4) is 0 Å². The Morgan fingerprint density at radius 3 is 2.47 bits per heavy atom. The van der Waals surface area contributed by atoms with E-state index < -0.39 is 5.54 Å². The van der Waals surface area contributed by atoms with E-state index in [9.17, 15) is 5.11 Å². The Balaban J connectivity index is 2.56. The number of hydrogen-bond donors (Lipinski definition) is 2. The first-order valence-corrected chi connectivity index (χ1v) is 6.73. The van der Waals surface area contributed by atoms with Crippen molar-refractivity contribution < 1.29 is 9.84 Å². The van der Waals surface area contributed by atoms with Gasteiger partial charge in [0.15, 0.2) is 0 Å². The maximum Gasteiger partial charge on any atom is 0.0772 e. The van der Waals surface area contributed by atoms with Crippen molar-refractivity contribution in [3.63, 3.8) is 0 Å². The standard InChI is InChI=1S/C15H26N2O2/c1-13(2)19-10-9-17(3)11-15(16,12-18)14-7-5-4-6-8-14/h4-8,13,18H,9-12,16H2,1-3H3. The fourth-order valence-corrected chi connectivity index (χ4v) is 2.01. The van der Waals surface area contributed by atoms with Crippen LogP contribution in [0.5, 0.6) is 0 Å². The molecule has 1 aromatic carbocycles. The number of likely N-dealkylation sites (N-methyl/N-ethyl adjacent to an activating group) is 1. The predicted octanol–water partition coefficient (Wildman–Crippen LogP) is 1.19. The van der Waals surface area contributed by atoms with Gasteiger partial charge in [0.05, 0.1) is 24.9 Å². The number of nitrogens with zero attached hydrogens (tertiary/aromatic N) is 1. The molecule has 0 spiro atoms. The van der Waals surface area contributed by atoms with Crippen LogP contribution in [-0.2, 0) is 10.3 Å². The summed E-state index contributed by atoms with van der Waals surface area (Å²) < 4.78 is 5.52. The van der Waals surface area contributed by atoms with Crippen molar-refractivity contribution >= 4 is 0 Å². The van der Waals surface area contributed by atoms with Crippen LogP contribution < -0.4 is 5.73 Å². The second kappa shape index (κ2) is 7.60. The third-order valence-electron chi connectivity index (χ3n) is 3.11. The van der Waals surface area contributed by atoms with Crippen LogP contribution in [-0.4, -0.2) is 49.5 Å². The Morgan fingerprint density at radius 2 is 1.95 bits per heavy atom. The number of aliphatic hydroxyl groups is 1. The lowest BCUT2D eigenvalue weighted by molar-refractivity contribution is 0.0556. The van der Waals surface area contributed by atoms with E-state index >= 15 is 0 Å². The molecule has 3 N–H and O–H groups in total. The van der Waals surface area contributed by atoms with Gasteiger partial charge in [-0.3, -0.25) is 0 Å². The van der Waals surface area contributed by atoms with E-state index in [2.05, 4.69) is 4.90 Å². The van der Waals surface area contributed by atoms with Crippen molar-refractivity contribution in [1.82, 2.24) is 4.90 Å². The van der Waals surface area contributed by atoms with Crippen LogP contribution in [0.2, 0.25) is 0 Å². The zero-order valence-corrected chi connectivity index (χ0v) is 12.2. The number of nitrogens with two attached hydrogens (primary N) is 1. The molecule has 108 valence electrons. The lowest BCUT2D eigenvalue weighted by atomic mass is 9.91. The van der Waals surface area contributed by atoms with E-state index in [1.807, 2.05) is 51.2 Å². The average molecular weight is 266 g/mol. The third-order valence-corrected chi connectivity index (χ3v) is 3.11. The van der Waals surface area contributed by atoms with Crippen LogP contribution in [0.15, 0.2) is 30.3 Å². The van der Waals surface area contributed by atoms with Crippen LogP contribution in [0.1, 0.15) is 19.4 Å². The van der Waals surface area contributed by atoms with E-state index in [1.54, 1.807) is 0 Å². The van der Waals surface area contributed by atoms with Crippen LogP contribution in [0.3, 0.4) is 0 Å². The van der Waals surface area contributed by atoms with Crippen molar-refractivity contribution in [1.29, 1.82) is 0 Å². The molecule has 0 saturated carbocycles. The Hall–Kier alpha value is -0.940. The summed E-state index contributed by atoms with van der Waals surface area (Å²) in [5.74, 6) is 0. The normalized spacial score (nSPS) is 14.9. The smallest absolute Gasteiger partial charge is 0.0772 e. The van der Waals surface area contributed by atoms with Crippen molar-refractivity contribution in [2.75, 3.05) is 33.4 Å². The van der Waals surface area contributed by atoms with Gasteiger partial charge in [0.1, 0.15) is 0 Å². The molecule has 19 heavy (non-hydrogen) atoms. The monoisotopic (exact) mass is 266 g/mol. The summed E-state index contributed by atoms with van der Waals surface area (Å²) in [6.07, 6.45) is 0.239. The maximum absolute atomic E-state index is 9.62. The molecule has 0 radical (unpaired) electrons. The van der Waals surface area contributed by atoms with Gasteiger partial charge in [-0.25, -0.2) is 0 Å². The highest BCUT2D eigenvalue weighted by atomic mass is 16.5. The lowest BCUT2D eigenvalue weighted by Gasteiger charge is -2.32. The molecule has 0 aliphatic carbocycles. The highest BCUT2D eigenvalue weighted by molar-refractivity contribution is 5.24. The van der Waals surface area contributed by atoms with Gasteiger partial charge < -0.3 is 20.5 Å². The fraction of sp³-hybridized carbons (Fsp3) is 0.600. The SMILES string of the molecule is CC(C)OCCN(C)CC(N)(CO)c1ccccc1. The Labute approximate surface area is 116 Å². The number of ether oxygens (including phenoxy) is 1. The molecule has 1 unspecified atom stereocenters. The average Bonchev–Trinajstić information content (AvgIpc) is 2.39. The summed E-state index contributed by atoms with van der Waals surface area (Å²) in [6.45, 7) is 6.02. The number of hydrogen-bond acceptors (Lipinski definition) is 4. The first-order valence-electron chi connectivity index (χ1n) is 6.73. The largest absolute Gasteiger partial charge is 0.394 e. The molecule has 1 rings (SSSR count). The number of rotatable bonds is 8. The summed E-state index contributed by atoms with van der Waals surface area (Å²) in [7, 11) is 1.99. The molecular weight excluding hydrogens is 240 g/mol. The summed E-state index contributed by atoms with van der Waals surface area (Å²) in [5, 5.41) is 9.62. The van der Waals surface area contributed by atoms with Gasteiger partial charge in [-0.05, 0) is 26.5 Å². The highest BCUT2D eigenvalue weighted by Crippen LogP contribution is 2.18. The predicted molar refractivity (Wildman–Crippen MR) is 78.0 cm³/mol. The van der Waals surface area contributed by atoms with E-state index in [-0.39, 0.29) is 12.7 Å². The summed E-state index contributed by atoms with van der Waals surface area (Å²) in [4.78, 5) is 2.09. The van der Waals surface area contributed by atoms with E-state index in [1.165, 1.54) is 0 Å². The topological polar surface area (TPSA) is 58.7 Å². The molecule has 1 aromatic rings. The van der Waals surface area contributed by atoms with E-state index in [0.29, 0.717) is 13.2 Å². The summed E-state index contributed by atoms with van der Waals surface area (Å²) >= 11 is 0. The second-order valence-corrected chi connectivity index (χ2v) is 5.34. The Kier molecular flexibility index (Phi) is 6.45. The molecule has 0 bridgehead atoms. The zero-order chi connectivity index (χ0) is 14.3. The first kappa shape index (κ1) is 16.1. The van der Waals surface area contributed by atoms with Gasteiger partial charge in [0.2, 0.25) is 0 Å². The van der Waals surface area contributed by atoms with E-state index in [0.717, 1.165) is 12.1 Å². The molecule has 0 aromatic heterocycles. The Bertz CT molecular complexity index is 356. The van der Waals surface area contributed by atoms with Gasteiger partial charge in [0, 0.05) is 13.1 Å². The summed E-state index contributed by atoms with van der Waals surface area (Å²) in [5.41, 5.74) is 6.54. The molecule has 4 nitrogen and oxygen atoms in total. The molecule has 0 aliphatic heterocycles. The van der Waals surface area contributed by atoms with Crippen molar-refractivity contribution in [2.45, 2.75) is 25.5 Å². The van der Waals surface area contributed by atoms with Crippen LogP contribution in [0.4, 0.5) is 0 Å². The quantitative estimate of drug-likeness (QED) is 0.742. The molecule has 0 fully saturated rings. The van der Waals surface area contributed by atoms with Crippen molar-refractivity contribution in [2.24, 2.45) is 5.73 Å². The second-order valence-electron chi connectivity index (χ2n) is 5.34. The molecule has 4 heteroatoms. The minimum absolute atomic E-state index is 0.0770. The van der Waals surface area contributed by atoms with Gasteiger partial charge >= 0.3 is 0 Å². The molecule has 1 atom stereocenters. The fourth-order valence-electron chi connectivity index (χ4n) is 2.01. The van der Waals surface area contributed by atoms with Gasteiger partial charge in [0.25, 0.3) is 0 Å². The maximum atomic E-state index is 9.62. The van der Waals surface area contributed by atoms with Crippen LogP contribution in [0, 0.1) is 0 Å². The van der Waals surface area contributed by atoms with Crippen LogP contribution in [0.25, 0.3) is 0 Å². The number of benzene rings is 1. The Morgan fingerprint density at radius 1 is 1.32 bits per heavy atom. The van der Waals surface area contributed by atoms with E-state index in [4.69, 9.17) is 10.5 Å². The zero-order valence-electron chi connectivity index (χ0n) is 12.2. The number of aliphatic hydroxyl groups excluding tert-OH is 1. The third kappa shape index (κ3) is 5.28. The molecule has 0 saturated heterocycles. The molecule has 0 aliphatic rings. The van der Waals surface area contributed by atoms with Gasteiger partial charge in [-0.1, -0.05) is 30.3 Å². The molecule has 0 heterocycles. The minimum atomic E-state index is -0.728. The molecular formula is C15H26N2O2. The van der Waals surface area contributed by atoms with Crippen molar-refractivity contribution in [3.05, 3.63) is 35.9 Å². The molecule has 0 amide bonds. The van der Waals surface area contributed by atoms with Crippen LogP contribution >= 0.6 is 0 Å².